The lowest BCUT2D eigenvalue weighted by Crippen LogP contribution is -2.61. The van der Waals surface area contributed by atoms with Gasteiger partial charge in [0.1, 0.15) is 30.3 Å². The predicted octanol–water partition coefficient (Wildman–Crippen LogP) is 4.44. The lowest BCUT2D eigenvalue weighted by molar-refractivity contribution is -0.145. The molecule has 10 atom stereocenters. The second-order valence-electron chi connectivity index (χ2n) is 18.4. The molecule has 3 N–H and O–H groups in total. The molecule has 1 saturated heterocycles. The van der Waals surface area contributed by atoms with Crippen LogP contribution in [0, 0.1) is 29.6 Å². The van der Waals surface area contributed by atoms with Gasteiger partial charge >= 0.3 is 6.09 Å². The molecule has 0 spiro atoms. The van der Waals surface area contributed by atoms with Crippen molar-refractivity contribution in [3.63, 3.8) is 0 Å². The number of nitrogens with one attached hydrogen (secondary N) is 2. The SMILES string of the molecule is CC[C@@H]1C[C@H](C)CC/C=C\[C@@H]2C[C@@]2(C(=O)NS(=O)(=O)C2CC2)NC(=O)[C@@H]2C[C@@H](Oc3nccc4c5c(ccc34)N(C)CCO5)CN2C(=O)[C@H]1N(C(=O)O)[C@H]1CC2C[C@H]2C1. The molecule has 0 bridgehead atoms. The van der Waals surface area contributed by atoms with Gasteiger partial charge in [0.15, 0.2) is 5.75 Å². The maximum Gasteiger partial charge on any atom is 0.408 e. The summed E-state index contributed by atoms with van der Waals surface area (Å²) in [6.07, 6.45) is 9.98. The van der Waals surface area contributed by atoms with Gasteiger partial charge in [0.05, 0.1) is 24.0 Å². The van der Waals surface area contributed by atoms with Crippen molar-refractivity contribution in [2.45, 2.75) is 119 Å². The average Bonchev–Trinajstić information content (AvgIpc) is 4.17. The van der Waals surface area contributed by atoms with Crippen LogP contribution in [-0.4, -0.2) is 114 Å². The predicted molar refractivity (Wildman–Crippen MR) is 218 cm³/mol. The molecule has 59 heavy (non-hydrogen) atoms. The third-order valence-electron chi connectivity index (χ3n) is 14.3. The van der Waals surface area contributed by atoms with Gasteiger partial charge in [0.2, 0.25) is 27.7 Å². The summed E-state index contributed by atoms with van der Waals surface area (Å²) >= 11 is 0. The van der Waals surface area contributed by atoms with Crippen LogP contribution >= 0.6 is 0 Å². The standard InChI is InChI=1S/C43H56N6O9S/c1-4-25-17-24(2)7-5-6-8-28-22-43(28,41(52)46-59(55,56)31-9-10-31)45-38(50)35-21-30(23-48(35)40(51)36(25)49(42(53)54)29-19-26-18-27(26)20-29)58-39-33-11-12-34-37(32(33)13-14-44-39)57-16-15-47(34)3/h6,8,11-14,24-31,35-36H,4-5,7,9-10,15-23H2,1-3H3,(H,45,50)(H,46,52)(H,53,54)/b8-6-/t24-,25-,26+,27?,28-,29-,30-,35+,36+,43-/m1/s1. The van der Waals surface area contributed by atoms with E-state index < -0.39 is 68.7 Å². The van der Waals surface area contributed by atoms with Gasteiger partial charge in [-0.25, -0.2) is 18.2 Å². The van der Waals surface area contributed by atoms with E-state index in [1.165, 1.54) is 9.80 Å². The van der Waals surface area contributed by atoms with Gasteiger partial charge in [-0.05, 0) is 99.7 Å². The minimum Gasteiger partial charge on any atom is -0.489 e. The third-order valence-corrected chi connectivity index (χ3v) is 16.1. The quantitative estimate of drug-likeness (QED) is 0.319. The smallest absolute Gasteiger partial charge is 0.408 e. The zero-order valence-corrected chi connectivity index (χ0v) is 34.9. The molecule has 3 aliphatic heterocycles. The molecule has 5 fully saturated rings. The number of ether oxygens (including phenoxy) is 2. The van der Waals surface area contributed by atoms with Crippen LogP contribution in [0.15, 0.2) is 36.5 Å². The topological polar surface area (TPSA) is 188 Å². The summed E-state index contributed by atoms with van der Waals surface area (Å²) in [5.41, 5.74) is -0.582. The summed E-state index contributed by atoms with van der Waals surface area (Å²) in [4.78, 5) is 67.1. The molecule has 2 aromatic rings. The number of hydrogen-bond acceptors (Lipinski definition) is 10. The lowest BCUT2D eigenvalue weighted by Gasteiger charge is -2.41. The van der Waals surface area contributed by atoms with Crippen LogP contribution in [0.2, 0.25) is 0 Å². The molecular weight excluding hydrogens is 777 g/mol. The fourth-order valence-electron chi connectivity index (χ4n) is 10.6. The van der Waals surface area contributed by atoms with E-state index in [2.05, 4.69) is 26.8 Å². The van der Waals surface area contributed by atoms with Crippen LogP contribution in [0.4, 0.5) is 10.5 Å². The summed E-state index contributed by atoms with van der Waals surface area (Å²) in [6.45, 7) is 5.36. The van der Waals surface area contributed by atoms with Crippen molar-refractivity contribution >= 4 is 50.3 Å². The number of aromatic nitrogens is 1. The molecule has 7 aliphatic rings. The molecule has 4 heterocycles. The Morgan fingerprint density at radius 1 is 1.08 bits per heavy atom. The number of fused-ring (bicyclic) bond motifs is 6. The number of carbonyl (C=O) groups excluding carboxylic acids is 3. The maximum atomic E-state index is 15.4. The van der Waals surface area contributed by atoms with Gasteiger partial charge in [-0.1, -0.05) is 32.4 Å². The summed E-state index contributed by atoms with van der Waals surface area (Å²) < 4.78 is 41.0. The first-order valence-corrected chi connectivity index (χ1v) is 23.1. The number of sulfonamides is 1. The largest absolute Gasteiger partial charge is 0.489 e. The normalized spacial score (nSPS) is 34.8. The van der Waals surface area contributed by atoms with Crippen LogP contribution in [0.1, 0.15) is 84.5 Å². The zero-order chi connectivity index (χ0) is 41.4. The van der Waals surface area contributed by atoms with Crippen molar-refractivity contribution in [2.75, 3.05) is 31.6 Å². The maximum absolute atomic E-state index is 15.4. The van der Waals surface area contributed by atoms with Crippen LogP contribution in [0.3, 0.4) is 0 Å². The Labute approximate surface area is 345 Å². The third kappa shape index (κ3) is 7.47. The molecule has 1 aromatic carbocycles. The number of benzene rings is 1. The highest BCUT2D eigenvalue weighted by Gasteiger charge is 2.62. The van der Waals surface area contributed by atoms with Gasteiger partial charge in [0.25, 0.3) is 5.91 Å². The van der Waals surface area contributed by atoms with Gasteiger partial charge in [-0.15, -0.1) is 0 Å². The van der Waals surface area contributed by atoms with E-state index in [1.807, 2.05) is 44.3 Å². The second kappa shape index (κ2) is 15.1. The van der Waals surface area contributed by atoms with Crippen LogP contribution in [-0.2, 0) is 24.4 Å². The number of nitrogens with zero attached hydrogens (tertiary/aromatic N) is 4. The number of likely N-dealkylation sites (N-methyl/N-ethyl adjacent to an activating group) is 1. The van der Waals surface area contributed by atoms with Crippen molar-refractivity contribution in [3.05, 3.63) is 36.5 Å². The first kappa shape index (κ1) is 39.8. The van der Waals surface area contributed by atoms with E-state index in [4.69, 9.17) is 9.47 Å². The van der Waals surface area contributed by atoms with Crippen molar-refractivity contribution in [3.8, 4) is 11.6 Å². The summed E-state index contributed by atoms with van der Waals surface area (Å²) in [7, 11) is -1.91. The van der Waals surface area contributed by atoms with Crippen molar-refractivity contribution in [1.82, 2.24) is 24.8 Å². The van der Waals surface area contributed by atoms with Crippen molar-refractivity contribution in [2.24, 2.45) is 29.6 Å². The van der Waals surface area contributed by atoms with Crippen molar-refractivity contribution < 1.29 is 42.2 Å². The minimum atomic E-state index is -3.92. The molecule has 4 aliphatic carbocycles. The first-order valence-electron chi connectivity index (χ1n) is 21.6. The fraction of sp³-hybridized carbons (Fsp3) is 0.651. The Hall–Kier alpha value is -4.60. The molecule has 15 nitrogen and oxygen atoms in total. The second-order valence-corrected chi connectivity index (χ2v) is 20.3. The summed E-state index contributed by atoms with van der Waals surface area (Å²) in [5, 5.41) is 14.8. The number of hydrogen-bond donors (Lipinski definition) is 3. The Bertz CT molecular complexity index is 2170. The Balaban J connectivity index is 1.08. The van der Waals surface area contributed by atoms with E-state index in [0.717, 1.165) is 36.2 Å². The van der Waals surface area contributed by atoms with E-state index in [0.29, 0.717) is 74.7 Å². The van der Waals surface area contributed by atoms with Gasteiger partial charge in [0, 0.05) is 42.4 Å². The molecule has 1 unspecified atom stereocenters. The molecule has 0 radical (unpaired) electrons. The van der Waals surface area contributed by atoms with E-state index in [-0.39, 0.29) is 37.3 Å². The van der Waals surface area contributed by atoms with Gasteiger partial charge < -0.3 is 29.7 Å². The molecule has 16 heteroatoms. The molecule has 9 rings (SSSR count). The molecular formula is C43H56N6O9S. The zero-order valence-electron chi connectivity index (χ0n) is 34.0. The van der Waals surface area contributed by atoms with E-state index >= 15 is 4.79 Å². The summed E-state index contributed by atoms with van der Waals surface area (Å²) in [5.74, 6) is -0.505. The number of allylic oxidation sites excluding steroid dienone is 1. The minimum absolute atomic E-state index is 0.0242. The van der Waals surface area contributed by atoms with Crippen LogP contribution in [0.25, 0.3) is 10.8 Å². The number of pyridine rings is 1. The first-order chi connectivity index (χ1) is 28.3. The van der Waals surface area contributed by atoms with Crippen LogP contribution < -0.4 is 24.4 Å². The van der Waals surface area contributed by atoms with Crippen LogP contribution in [0.5, 0.6) is 11.6 Å². The number of carbonyl (C=O) groups is 4. The molecule has 4 saturated carbocycles. The number of amides is 4. The van der Waals surface area contributed by atoms with E-state index in [1.54, 1.807) is 6.20 Å². The van der Waals surface area contributed by atoms with Gasteiger partial charge in [-0.2, -0.15) is 0 Å². The highest BCUT2D eigenvalue weighted by atomic mass is 32.2. The highest BCUT2D eigenvalue weighted by Crippen LogP contribution is 2.54. The molecule has 318 valence electrons. The number of carboxylic acid groups (broad SMARTS) is 1. The Kier molecular flexibility index (Phi) is 10.2. The summed E-state index contributed by atoms with van der Waals surface area (Å²) in [6, 6.07) is 3.27. The monoisotopic (exact) mass is 832 g/mol. The molecule has 4 amide bonds. The fourth-order valence-corrected chi connectivity index (χ4v) is 11.9. The number of rotatable bonds is 8. The molecule has 1 aromatic heterocycles. The lowest BCUT2D eigenvalue weighted by atomic mass is 9.83. The highest BCUT2D eigenvalue weighted by molar-refractivity contribution is 7.91. The van der Waals surface area contributed by atoms with Crippen molar-refractivity contribution in [1.29, 1.82) is 0 Å². The van der Waals surface area contributed by atoms with Gasteiger partial charge in [-0.3, -0.25) is 24.0 Å². The Morgan fingerprint density at radius 2 is 1.86 bits per heavy atom. The average molecular weight is 833 g/mol. The Morgan fingerprint density at radius 3 is 2.59 bits per heavy atom. The number of anilines is 1. The van der Waals surface area contributed by atoms with E-state index in [9.17, 15) is 27.9 Å².